The van der Waals surface area contributed by atoms with Crippen LogP contribution in [-0.2, 0) is 40.5 Å². The molecule has 16 heteroatoms. The summed E-state index contributed by atoms with van der Waals surface area (Å²) < 4.78 is 132. The molecule has 0 atom stereocenters. The van der Waals surface area contributed by atoms with Crippen LogP contribution in [0.15, 0.2) is 68.1 Å². The van der Waals surface area contributed by atoms with Gasteiger partial charge in [-0.3, -0.25) is 18.2 Å². The predicted octanol–water partition coefficient (Wildman–Crippen LogP) is 1.49. The third kappa shape index (κ3) is 4.52. The van der Waals surface area contributed by atoms with Gasteiger partial charge < -0.3 is 0 Å². The van der Waals surface area contributed by atoms with Gasteiger partial charge in [-0.15, -0.1) is 0 Å². The Labute approximate surface area is 182 Å². The van der Waals surface area contributed by atoms with Crippen LogP contribution in [0.2, 0.25) is 0 Å². The fourth-order valence-corrected chi connectivity index (χ4v) is 5.93. The van der Waals surface area contributed by atoms with Crippen molar-refractivity contribution >= 4 is 51.2 Å². The van der Waals surface area contributed by atoms with Gasteiger partial charge in [0.2, 0.25) is 0 Å². The van der Waals surface area contributed by atoms with Gasteiger partial charge >= 0.3 is 0 Å². The Hall–Kier alpha value is -2.44. The van der Waals surface area contributed by atoms with Crippen molar-refractivity contribution in [3.05, 3.63) is 48.5 Å². The van der Waals surface area contributed by atoms with E-state index < -0.39 is 76.6 Å². The fourth-order valence-electron chi connectivity index (χ4n) is 3.12. The Morgan fingerprint density at radius 3 is 1.59 bits per heavy atom. The zero-order valence-corrected chi connectivity index (χ0v) is 18.6. The average Bonchev–Trinajstić information content (AvgIpc) is 2.63. The lowest BCUT2D eigenvalue weighted by Crippen LogP contribution is -2.08. The number of hydrogen-bond donors (Lipinski definition) is 4. The number of hydrogen-bond acceptors (Lipinski definition) is 8. The van der Waals surface area contributed by atoms with Crippen molar-refractivity contribution in [3.63, 3.8) is 0 Å². The van der Waals surface area contributed by atoms with Crippen molar-refractivity contribution in [3.8, 4) is 11.1 Å². The third-order valence-electron chi connectivity index (χ3n) is 4.32. The molecule has 0 radical (unpaired) electrons. The molecule has 3 rings (SSSR count). The first kappa shape index (κ1) is 24.2. The molecule has 0 unspecified atom stereocenters. The lowest BCUT2D eigenvalue weighted by molar-refractivity contribution is 0.478. The van der Waals surface area contributed by atoms with Crippen LogP contribution in [0.5, 0.6) is 0 Å². The highest BCUT2D eigenvalue weighted by molar-refractivity contribution is 7.87. The average molecular weight is 525 g/mol. The van der Waals surface area contributed by atoms with E-state index in [1.807, 2.05) is 0 Å². The normalized spacial score (nSPS) is 13.4. The van der Waals surface area contributed by atoms with Gasteiger partial charge in [0, 0.05) is 21.9 Å². The molecule has 0 saturated carbocycles. The molecule has 0 bridgehead atoms. The van der Waals surface area contributed by atoms with Crippen molar-refractivity contribution in [2.45, 2.75) is 19.6 Å². The van der Waals surface area contributed by atoms with Crippen LogP contribution < -0.4 is 0 Å². The smallest absolute Gasteiger partial charge is 0.282 e. The summed E-state index contributed by atoms with van der Waals surface area (Å²) in [6.07, 6.45) is 0. The Bertz CT molecular complexity index is 1700. The highest BCUT2D eigenvalue weighted by Gasteiger charge is 2.28. The van der Waals surface area contributed by atoms with Crippen molar-refractivity contribution in [2.75, 3.05) is 0 Å². The molecule has 0 aliphatic carbocycles. The van der Waals surface area contributed by atoms with Crippen molar-refractivity contribution in [2.24, 2.45) is 0 Å². The molecule has 0 heterocycles. The molecule has 172 valence electrons. The van der Waals surface area contributed by atoms with E-state index in [1.165, 1.54) is 0 Å². The summed E-state index contributed by atoms with van der Waals surface area (Å²) >= 11 is 0. The van der Waals surface area contributed by atoms with E-state index in [-0.39, 0.29) is 5.39 Å². The molecule has 3 aromatic carbocycles. The van der Waals surface area contributed by atoms with E-state index in [1.54, 1.807) is 0 Å². The summed E-state index contributed by atoms with van der Waals surface area (Å²) in [4.78, 5) is -3.61. The van der Waals surface area contributed by atoms with Crippen LogP contribution in [-0.4, -0.2) is 51.9 Å². The molecule has 12 nitrogen and oxygen atoms in total. The Kier molecular flexibility index (Phi) is 5.72. The second kappa shape index (κ2) is 7.56. The van der Waals surface area contributed by atoms with Crippen molar-refractivity contribution in [1.82, 2.24) is 0 Å². The first-order valence-corrected chi connectivity index (χ1v) is 13.8. The predicted molar refractivity (Wildman–Crippen MR) is 109 cm³/mol. The van der Waals surface area contributed by atoms with Crippen LogP contribution >= 0.6 is 0 Å². The molecule has 0 saturated heterocycles. The van der Waals surface area contributed by atoms with Crippen molar-refractivity contribution < 1.29 is 51.9 Å². The maximum atomic E-state index is 12.2. The second-order valence-electron chi connectivity index (χ2n) is 6.35. The summed E-state index contributed by atoms with van der Waals surface area (Å²) in [5, 5.41) is -0.843. The summed E-state index contributed by atoms with van der Waals surface area (Å²) in [6.45, 7) is 0. The zero-order chi connectivity index (χ0) is 24.3. The number of fused-ring (bicyclic) bond motifs is 1. The maximum absolute atomic E-state index is 12.2. The molecule has 0 aliphatic rings. The van der Waals surface area contributed by atoms with Gasteiger partial charge in [-0.1, -0.05) is 24.3 Å². The van der Waals surface area contributed by atoms with Gasteiger partial charge in [-0.05, 0) is 24.3 Å². The van der Waals surface area contributed by atoms with E-state index in [2.05, 4.69) is 0 Å². The van der Waals surface area contributed by atoms with E-state index in [0.717, 1.165) is 30.3 Å². The molecular weight excluding hydrogens is 512 g/mol. The summed E-state index contributed by atoms with van der Waals surface area (Å²) in [6, 6.07) is 6.56. The summed E-state index contributed by atoms with van der Waals surface area (Å²) in [5.74, 6) is 0. The molecule has 0 aliphatic heterocycles. The molecule has 32 heavy (non-hydrogen) atoms. The SMILES string of the molecule is O=S(=O)(O)c1ccc(S(=O)(=O)O)c(-c2ccc3c(S(=O)(=O)O)cccc3c2S(=O)(=O)O)c1. The topological polar surface area (TPSA) is 217 Å². The van der Waals surface area contributed by atoms with Crippen molar-refractivity contribution in [1.29, 1.82) is 0 Å². The first-order chi connectivity index (χ1) is 14.4. The quantitative estimate of drug-likeness (QED) is 0.349. The minimum atomic E-state index is -5.25. The minimum Gasteiger partial charge on any atom is -0.282 e. The summed E-state index contributed by atoms with van der Waals surface area (Å²) in [7, 11) is -20.1. The highest BCUT2D eigenvalue weighted by atomic mass is 32.2. The number of rotatable bonds is 5. The van der Waals surface area contributed by atoms with Crippen LogP contribution in [0.1, 0.15) is 0 Å². The lowest BCUT2D eigenvalue weighted by Gasteiger charge is -2.15. The Morgan fingerprint density at radius 2 is 1.09 bits per heavy atom. The van der Waals surface area contributed by atoms with Crippen LogP contribution in [0.4, 0.5) is 0 Å². The number of benzene rings is 3. The van der Waals surface area contributed by atoms with Crippen LogP contribution in [0.3, 0.4) is 0 Å². The molecule has 3 aromatic rings. The molecule has 0 aromatic heterocycles. The van der Waals surface area contributed by atoms with Crippen LogP contribution in [0, 0.1) is 0 Å². The fraction of sp³-hybridized carbons (Fsp3) is 0. The highest BCUT2D eigenvalue weighted by Crippen LogP contribution is 2.39. The van der Waals surface area contributed by atoms with E-state index in [4.69, 9.17) is 0 Å². The van der Waals surface area contributed by atoms with Gasteiger partial charge in [0.1, 0.15) is 14.7 Å². The molecular formula is C16H12O12S4. The molecule has 4 N–H and O–H groups in total. The van der Waals surface area contributed by atoms with Gasteiger partial charge in [-0.25, -0.2) is 0 Å². The largest absolute Gasteiger partial charge is 0.295 e. The zero-order valence-electron chi connectivity index (χ0n) is 15.3. The van der Waals surface area contributed by atoms with Gasteiger partial charge in [0.05, 0.1) is 4.90 Å². The molecule has 0 amide bonds. The van der Waals surface area contributed by atoms with E-state index in [9.17, 15) is 51.9 Å². The third-order valence-corrected chi connectivity index (χ3v) is 7.95. The summed E-state index contributed by atoms with van der Waals surface area (Å²) in [5.41, 5.74) is -1.39. The van der Waals surface area contributed by atoms with E-state index >= 15 is 0 Å². The maximum Gasteiger partial charge on any atom is 0.295 e. The molecule has 0 fully saturated rings. The minimum absolute atomic E-state index is 0.370. The second-order valence-corrected chi connectivity index (χ2v) is 11.9. The van der Waals surface area contributed by atoms with E-state index in [0.29, 0.717) is 18.2 Å². The Morgan fingerprint density at radius 1 is 0.500 bits per heavy atom. The van der Waals surface area contributed by atoms with Crippen LogP contribution in [0.25, 0.3) is 21.9 Å². The van der Waals surface area contributed by atoms with Gasteiger partial charge in [0.15, 0.2) is 0 Å². The Balaban J connectivity index is 2.62. The first-order valence-electron chi connectivity index (χ1n) is 8.02. The van der Waals surface area contributed by atoms with Gasteiger partial charge in [-0.2, -0.15) is 33.7 Å². The lowest BCUT2D eigenvalue weighted by atomic mass is 10.0. The standard InChI is InChI=1S/C16H12O12S4/c17-29(18,19)9-4-7-15(31(23,24)25)13(8-9)12-6-5-10-11(16(12)32(26,27)28)2-1-3-14(10)30(20,21)22/h1-8H,(H,17,18,19)(H,20,21,22)(H,23,24,25)(H,26,27,28). The van der Waals surface area contributed by atoms with Gasteiger partial charge in [0.25, 0.3) is 40.5 Å². The molecule has 0 spiro atoms. The monoisotopic (exact) mass is 524 g/mol.